The molecule has 3 amide bonds. The van der Waals surface area contributed by atoms with E-state index >= 15 is 0 Å². The molecule has 0 aliphatic heterocycles. The number of benzene rings is 3. The first kappa shape index (κ1) is 24.7. The Morgan fingerprint density at radius 2 is 1.83 bits per heavy atom. The molecule has 0 atom stereocenters. The van der Waals surface area contributed by atoms with E-state index in [2.05, 4.69) is 10.3 Å². The molecule has 0 aliphatic carbocycles. The summed E-state index contributed by atoms with van der Waals surface area (Å²) in [7, 11) is 0. The van der Waals surface area contributed by atoms with Gasteiger partial charge in [0.1, 0.15) is 18.1 Å². The second kappa shape index (κ2) is 10.9. The summed E-state index contributed by atoms with van der Waals surface area (Å²) in [4.78, 5) is 28.9. The van der Waals surface area contributed by atoms with Crippen molar-refractivity contribution in [3.8, 4) is 17.2 Å². The van der Waals surface area contributed by atoms with E-state index in [1.54, 1.807) is 26.1 Å². The van der Waals surface area contributed by atoms with E-state index in [0.29, 0.717) is 35.4 Å². The van der Waals surface area contributed by atoms with Crippen molar-refractivity contribution in [1.29, 1.82) is 0 Å². The molecule has 0 aliphatic rings. The lowest BCUT2D eigenvalue weighted by Crippen LogP contribution is -2.42. The third kappa shape index (κ3) is 5.60. The number of aryl methyl sites for hydroxylation is 1. The van der Waals surface area contributed by atoms with E-state index in [1.807, 2.05) is 49.4 Å². The van der Waals surface area contributed by atoms with Crippen molar-refractivity contribution >= 4 is 29.0 Å². The van der Waals surface area contributed by atoms with Crippen molar-refractivity contribution < 1.29 is 23.5 Å². The fraction of sp³-hybridized carbons (Fsp3) is 0.179. The van der Waals surface area contributed by atoms with Gasteiger partial charge in [-0.3, -0.25) is 9.78 Å². The number of fused-ring (bicyclic) bond motifs is 1. The quantitative estimate of drug-likeness (QED) is 0.302. The van der Waals surface area contributed by atoms with Gasteiger partial charge in [-0.05, 0) is 56.2 Å². The molecule has 0 radical (unpaired) electrons. The number of carbonyl (C=O) groups is 2. The molecule has 4 aromatic rings. The summed E-state index contributed by atoms with van der Waals surface area (Å²) in [5.74, 6) is 0.332. The lowest BCUT2D eigenvalue weighted by molar-refractivity contribution is -0.106. The van der Waals surface area contributed by atoms with Crippen LogP contribution in [0.1, 0.15) is 25.0 Å². The van der Waals surface area contributed by atoms with Gasteiger partial charge in [-0.25, -0.2) is 14.1 Å². The maximum Gasteiger partial charge on any atom is 0.328 e. The topological polar surface area (TPSA) is 80.8 Å². The third-order valence-electron chi connectivity index (χ3n) is 5.39. The molecule has 0 saturated heterocycles. The first-order valence-electron chi connectivity index (χ1n) is 11.4. The predicted molar refractivity (Wildman–Crippen MR) is 136 cm³/mol. The Bertz CT molecular complexity index is 1390. The van der Waals surface area contributed by atoms with Gasteiger partial charge in [-0.1, -0.05) is 30.3 Å². The lowest BCUT2D eigenvalue weighted by atomic mass is 10.1. The van der Waals surface area contributed by atoms with E-state index in [9.17, 15) is 14.0 Å². The highest BCUT2D eigenvalue weighted by Crippen LogP contribution is 2.35. The fourth-order valence-corrected chi connectivity index (χ4v) is 3.62. The van der Waals surface area contributed by atoms with E-state index in [0.717, 1.165) is 22.1 Å². The first-order chi connectivity index (χ1) is 17.4. The molecule has 0 saturated carbocycles. The Balaban J connectivity index is 1.57. The highest BCUT2D eigenvalue weighted by Gasteiger charge is 2.18. The molecule has 8 heteroatoms. The monoisotopic (exact) mass is 487 g/mol. The predicted octanol–water partition coefficient (Wildman–Crippen LogP) is 6.13. The van der Waals surface area contributed by atoms with Gasteiger partial charge in [-0.15, -0.1) is 0 Å². The van der Waals surface area contributed by atoms with Gasteiger partial charge in [-0.2, -0.15) is 0 Å². The highest BCUT2D eigenvalue weighted by molar-refractivity contribution is 6.06. The number of nitrogens with zero attached hydrogens (tertiary/aromatic N) is 2. The first-order valence-corrected chi connectivity index (χ1v) is 11.4. The van der Waals surface area contributed by atoms with Gasteiger partial charge in [0, 0.05) is 29.8 Å². The number of pyridine rings is 1. The molecule has 7 nitrogen and oxygen atoms in total. The minimum atomic E-state index is -0.721. The number of hydrogen-bond acceptors (Lipinski definition) is 5. The van der Waals surface area contributed by atoms with Gasteiger partial charge >= 0.3 is 6.03 Å². The third-order valence-corrected chi connectivity index (χ3v) is 5.39. The van der Waals surface area contributed by atoms with Crippen molar-refractivity contribution in [3.05, 3.63) is 89.9 Å². The summed E-state index contributed by atoms with van der Waals surface area (Å²) in [5.41, 5.74) is 2.65. The molecule has 0 unspecified atom stereocenters. The maximum atomic E-state index is 14.9. The number of ether oxygens (including phenoxy) is 2. The minimum absolute atomic E-state index is 0.0524. The average molecular weight is 488 g/mol. The Morgan fingerprint density at radius 1 is 1.06 bits per heavy atom. The van der Waals surface area contributed by atoms with Crippen LogP contribution in [0.15, 0.2) is 72.9 Å². The molecule has 36 heavy (non-hydrogen) atoms. The van der Waals surface area contributed by atoms with Crippen molar-refractivity contribution in [2.75, 3.05) is 4.90 Å². The molecule has 1 aromatic heterocycles. The molecule has 0 bridgehead atoms. The summed E-state index contributed by atoms with van der Waals surface area (Å²) >= 11 is 0. The van der Waals surface area contributed by atoms with E-state index in [-0.39, 0.29) is 17.5 Å². The number of anilines is 1. The van der Waals surface area contributed by atoms with Crippen LogP contribution in [-0.2, 0) is 11.4 Å². The zero-order chi connectivity index (χ0) is 25.7. The van der Waals surface area contributed by atoms with E-state index in [1.165, 1.54) is 12.1 Å². The van der Waals surface area contributed by atoms with Crippen LogP contribution in [0.3, 0.4) is 0 Å². The number of amides is 3. The van der Waals surface area contributed by atoms with Gasteiger partial charge in [0.15, 0.2) is 11.6 Å². The van der Waals surface area contributed by atoms with Crippen LogP contribution < -0.4 is 19.7 Å². The Labute approximate surface area is 208 Å². The Morgan fingerprint density at radius 3 is 2.53 bits per heavy atom. The number of rotatable bonds is 8. The molecule has 0 spiro atoms. The van der Waals surface area contributed by atoms with Crippen LogP contribution in [0.5, 0.6) is 17.2 Å². The number of nitrogens with one attached hydrogen (secondary N) is 1. The largest absolute Gasteiger partial charge is 0.489 e. The fourth-order valence-electron chi connectivity index (χ4n) is 3.62. The summed E-state index contributed by atoms with van der Waals surface area (Å²) in [6.45, 7) is 5.87. The van der Waals surface area contributed by atoms with E-state index in [4.69, 9.17) is 9.47 Å². The normalized spacial score (nSPS) is 10.8. The second-order valence-corrected chi connectivity index (χ2v) is 8.51. The van der Waals surface area contributed by atoms with Crippen LogP contribution in [-0.4, -0.2) is 23.5 Å². The number of hydrogen-bond donors (Lipinski definition) is 1. The van der Waals surface area contributed by atoms with Gasteiger partial charge < -0.3 is 14.8 Å². The zero-order valence-electron chi connectivity index (χ0n) is 20.2. The number of carbonyl (C=O) groups excluding carboxylic acids is 2. The molecule has 1 heterocycles. The molecule has 4 rings (SSSR count). The smallest absolute Gasteiger partial charge is 0.328 e. The number of aromatic nitrogens is 1. The molecule has 3 aromatic carbocycles. The van der Waals surface area contributed by atoms with E-state index < -0.39 is 11.8 Å². The number of imide groups is 1. The van der Waals surface area contributed by atoms with Crippen molar-refractivity contribution in [1.82, 2.24) is 10.3 Å². The maximum absolute atomic E-state index is 14.9. The average Bonchev–Trinajstić information content (AvgIpc) is 2.85. The van der Waals surface area contributed by atoms with Gasteiger partial charge in [0.2, 0.25) is 6.41 Å². The van der Waals surface area contributed by atoms with Crippen molar-refractivity contribution in [2.45, 2.75) is 33.4 Å². The summed E-state index contributed by atoms with van der Waals surface area (Å²) in [6, 6.07) is 18.3. The molecule has 0 fully saturated rings. The van der Waals surface area contributed by atoms with Crippen LogP contribution in [0.4, 0.5) is 14.9 Å². The van der Waals surface area contributed by atoms with Gasteiger partial charge in [0.05, 0.1) is 11.2 Å². The molecular weight excluding hydrogens is 461 g/mol. The minimum Gasteiger partial charge on any atom is -0.489 e. The molecule has 184 valence electrons. The van der Waals surface area contributed by atoms with Crippen LogP contribution >= 0.6 is 0 Å². The van der Waals surface area contributed by atoms with Crippen LogP contribution in [0, 0.1) is 12.7 Å². The number of urea groups is 1. The Kier molecular flexibility index (Phi) is 7.44. The molecule has 1 N–H and O–H groups in total. The van der Waals surface area contributed by atoms with Crippen LogP contribution in [0.25, 0.3) is 10.9 Å². The molecular formula is C28H26FN3O4. The standard InChI is InChI=1S/C28H26FN3O4/c1-18(2)31-28(34)32(17-33)21-9-10-26(23(29)14-21)36-25-11-12-30-24-15-27(19(3)13-22(24)25)35-16-20-7-5-4-6-8-20/h4-15,17-18H,16H2,1-3H3,(H,31,34). The summed E-state index contributed by atoms with van der Waals surface area (Å²) < 4.78 is 26.8. The summed E-state index contributed by atoms with van der Waals surface area (Å²) in [6.07, 6.45) is 1.91. The lowest BCUT2D eigenvalue weighted by Gasteiger charge is -2.19. The summed E-state index contributed by atoms with van der Waals surface area (Å²) in [5, 5.41) is 3.29. The van der Waals surface area contributed by atoms with Crippen molar-refractivity contribution in [2.24, 2.45) is 0 Å². The zero-order valence-corrected chi connectivity index (χ0v) is 20.2. The Hall–Kier alpha value is -4.46. The highest BCUT2D eigenvalue weighted by atomic mass is 19.1. The number of halogens is 1. The van der Waals surface area contributed by atoms with Crippen LogP contribution in [0.2, 0.25) is 0 Å². The van der Waals surface area contributed by atoms with Gasteiger partial charge in [0.25, 0.3) is 0 Å². The second-order valence-electron chi connectivity index (χ2n) is 8.51. The van der Waals surface area contributed by atoms with Crippen molar-refractivity contribution in [3.63, 3.8) is 0 Å². The SMILES string of the molecule is Cc1cc2c(Oc3ccc(N(C=O)C(=O)NC(C)C)cc3F)ccnc2cc1OCc1ccccc1.